The Hall–Kier alpha value is -0.0800. The Labute approximate surface area is 96.0 Å². The maximum Gasteiger partial charge on any atom is 0.0593 e. The molecule has 0 saturated carbocycles. The molecule has 0 unspecified atom stereocenters. The quantitative estimate of drug-likeness (QED) is 0.577. The molecule has 0 radical (unpaired) electrons. The van der Waals surface area contributed by atoms with E-state index in [1.807, 2.05) is 0 Å². The Morgan fingerprint density at radius 2 is 1.40 bits per heavy atom. The van der Waals surface area contributed by atoms with Gasteiger partial charge in [-0.25, -0.2) is 0 Å². The van der Waals surface area contributed by atoms with Gasteiger partial charge in [0.2, 0.25) is 0 Å². The van der Waals surface area contributed by atoms with E-state index < -0.39 is 0 Å². The second-order valence-corrected chi connectivity index (χ2v) is 5.22. The van der Waals surface area contributed by atoms with Crippen molar-refractivity contribution in [2.24, 2.45) is 5.92 Å². The van der Waals surface area contributed by atoms with Crippen LogP contribution in [0.4, 0.5) is 0 Å². The van der Waals surface area contributed by atoms with Crippen molar-refractivity contribution in [2.45, 2.75) is 60.0 Å². The van der Waals surface area contributed by atoms with Gasteiger partial charge in [0.1, 0.15) is 0 Å². The number of hydrogen-bond donors (Lipinski definition) is 0. The molecule has 0 bridgehead atoms. The van der Waals surface area contributed by atoms with Gasteiger partial charge in [-0.3, -0.25) is 4.90 Å². The van der Waals surface area contributed by atoms with Crippen molar-refractivity contribution in [2.75, 3.05) is 19.8 Å². The average Bonchev–Trinajstić information content (AvgIpc) is 2.08. The lowest BCUT2D eigenvalue weighted by Gasteiger charge is -2.30. The predicted molar refractivity (Wildman–Crippen MR) is 67.3 cm³/mol. The van der Waals surface area contributed by atoms with Gasteiger partial charge in [0.25, 0.3) is 0 Å². The first-order valence-electron chi connectivity index (χ1n) is 6.28. The van der Waals surface area contributed by atoms with Crippen LogP contribution in [-0.4, -0.2) is 36.7 Å². The van der Waals surface area contributed by atoms with Crippen LogP contribution >= 0.6 is 0 Å². The summed E-state index contributed by atoms with van der Waals surface area (Å²) in [6, 6.07) is 1.22. The van der Waals surface area contributed by atoms with Crippen LogP contribution in [0.2, 0.25) is 0 Å². The van der Waals surface area contributed by atoms with Crippen LogP contribution in [0.25, 0.3) is 0 Å². The zero-order valence-electron chi connectivity index (χ0n) is 11.4. The first kappa shape index (κ1) is 14.9. The van der Waals surface area contributed by atoms with Gasteiger partial charge in [0, 0.05) is 25.2 Å². The Kier molecular flexibility index (Phi) is 8.07. The molecule has 0 amide bonds. The molecule has 0 fully saturated rings. The summed E-state index contributed by atoms with van der Waals surface area (Å²) in [4.78, 5) is 2.47. The zero-order chi connectivity index (χ0) is 11.8. The molecule has 15 heavy (non-hydrogen) atoms. The normalized spacial score (nSPS) is 12.4. The van der Waals surface area contributed by atoms with E-state index in [-0.39, 0.29) is 0 Å². The maximum atomic E-state index is 5.63. The molecule has 2 nitrogen and oxygen atoms in total. The van der Waals surface area contributed by atoms with Crippen molar-refractivity contribution in [3.8, 4) is 0 Å². The van der Waals surface area contributed by atoms with Gasteiger partial charge in [-0.2, -0.15) is 0 Å². The Bertz CT molecular complexity index is 135. The summed E-state index contributed by atoms with van der Waals surface area (Å²) in [6.07, 6.45) is 1.17. The van der Waals surface area contributed by atoms with E-state index in [1.165, 1.54) is 6.42 Å². The third kappa shape index (κ3) is 7.80. The lowest BCUT2D eigenvalue weighted by Crippen LogP contribution is -2.39. The van der Waals surface area contributed by atoms with E-state index in [1.54, 1.807) is 0 Å². The number of nitrogens with zero attached hydrogens (tertiary/aromatic N) is 1. The van der Waals surface area contributed by atoms with Crippen molar-refractivity contribution in [3.05, 3.63) is 0 Å². The van der Waals surface area contributed by atoms with Crippen LogP contribution in [0.5, 0.6) is 0 Å². The second kappa shape index (κ2) is 8.12. The van der Waals surface area contributed by atoms with Crippen molar-refractivity contribution in [3.63, 3.8) is 0 Å². The minimum Gasteiger partial charge on any atom is -0.380 e. The van der Waals surface area contributed by atoms with E-state index in [0.717, 1.165) is 25.7 Å². The smallest absolute Gasteiger partial charge is 0.0593 e. The lowest BCUT2D eigenvalue weighted by atomic mass is 10.1. The van der Waals surface area contributed by atoms with Crippen LogP contribution in [0.15, 0.2) is 0 Å². The summed E-state index contributed by atoms with van der Waals surface area (Å²) in [5, 5.41) is 0. The molecule has 0 aromatic heterocycles. The van der Waals surface area contributed by atoms with Gasteiger partial charge in [0.05, 0.1) is 6.61 Å². The van der Waals surface area contributed by atoms with Gasteiger partial charge in [-0.15, -0.1) is 0 Å². The molecule has 0 spiro atoms. The third-order valence-electron chi connectivity index (χ3n) is 2.66. The predicted octanol–water partition coefficient (Wildman–Crippen LogP) is 3.17. The first-order chi connectivity index (χ1) is 6.95. The number of hydrogen-bond acceptors (Lipinski definition) is 2. The van der Waals surface area contributed by atoms with E-state index >= 15 is 0 Å². The standard InChI is InChI=1S/C13H29NO/c1-11(2)7-9-15-10-8-14(12(3)4)13(5)6/h11-13H,7-10H2,1-6H3. The number of rotatable bonds is 8. The molecule has 0 saturated heterocycles. The zero-order valence-corrected chi connectivity index (χ0v) is 11.4. The SMILES string of the molecule is CC(C)CCOCCN(C(C)C)C(C)C. The van der Waals surface area contributed by atoms with E-state index in [0.29, 0.717) is 12.1 Å². The van der Waals surface area contributed by atoms with Crippen molar-refractivity contribution >= 4 is 0 Å². The van der Waals surface area contributed by atoms with E-state index in [9.17, 15) is 0 Å². The molecule has 92 valence electrons. The molecular formula is C13H29NO. The molecular weight excluding hydrogens is 186 g/mol. The molecule has 0 atom stereocenters. The largest absolute Gasteiger partial charge is 0.380 e. The van der Waals surface area contributed by atoms with Crippen molar-refractivity contribution < 1.29 is 4.74 Å². The molecule has 0 heterocycles. The number of ether oxygens (including phenoxy) is 1. The summed E-state index contributed by atoms with van der Waals surface area (Å²) < 4.78 is 5.63. The summed E-state index contributed by atoms with van der Waals surface area (Å²) in [7, 11) is 0. The molecule has 0 aromatic carbocycles. The molecule has 0 rings (SSSR count). The molecule has 0 aliphatic rings. The molecule has 0 N–H and O–H groups in total. The third-order valence-corrected chi connectivity index (χ3v) is 2.66. The highest BCUT2D eigenvalue weighted by molar-refractivity contribution is 4.66. The summed E-state index contributed by atoms with van der Waals surface area (Å²) >= 11 is 0. The summed E-state index contributed by atoms with van der Waals surface area (Å²) in [5.74, 6) is 0.747. The van der Waals surface area contributed by atoms with Gasteiger partial charge in [-0.1, -0.05) is 13.8 Å². The molecule has 0 aromatic rings. The highest BCUT2D eigenvalue weighted by atomic mass is 16.5. The average molecular weight is 215 g/mol. The van der Waals surface area contributed by atoms with Crippen LogP contribution in [-0.2, 0) is 4.74 Å². The summed E-state index contributed by atoms with van der Waals surface area (Å²) in [6.45, 7) is 16.3. The highest BCUT2D eigenvalue weighted by Gasteiger charge is 2.12. The maximum absolute atomic E-state index is 5.63. The first-order valence-corrected chi connectivity index (χ1v) is 6.28. The van der Waals surface area contributed by atoms with Crippen molar-refractivity contribution in [1.82, 2.24) is 4.90 Å². The van der Waals surface area contributed by atoms with Gasteiger partial charge < -0.3 is 4.74 Å². The fourth-order valence-electron chi connectivity index (χ4n) is 1.70. The van der Waals surface area contributed by atoms with Crippen molar-refractivity contribution in [1.29, 1.82) is 0 Å². The Balaban J connectivity index is 3.55. The second-order valence-electron chi connectivity index (χ2n) is 5.22. The highest BCUT2D eigenvalue weighted by Crippen LogP contribution is 2.04. The van der Waals surface area contributed by atoms with Crippen LogP contribution in [0.3, 0.4) is 0 Å². The Morgan fingerprint density at radius 3 is 1.80 bits per heavy atom. The van der Waals surface area contributed by atoms with Crippen LogP contribution in [0, 0.1) is 5.92 Å². The molecule has 0 aliphatic carbocycles. The minimum absolute atomic E-state index is 0.610. The van der Waals surface area contributed by atoms with Crippen LogP contribution in [0.1, 0.15) is 48.0 Å². The van der Waals surface area contributed by atoms with Gasteiger partial charge in [-0.05, 0) is 40.0 Å². The van der Waals surface area contributed by atoms with Gasteiger partial charge >= 0.3 is 0 Å². The monoisotopic (exact) mass is 215 g/mol. The summed E-state index contributed by atoms with van der Waals surface area (Å²) in [5.41, 5.74) is 0. The van der Waals surface area contributed by atoms with E-state index in [2.05, 4.69) is 46.4 Å². The minimum atomic E-state index is 0.610. The molecule has 2 heteroatoms. The topological polar surface area (TPSA) is 12.5 Å². The van der Waals surface area contributed by atoms with Crippen LogP contribution < -0.4 is 0 Å². The van der Waals surface area contributed by atoms with E-state index in [4.69, 9.17) is 4.74 Å². The Morgan fingerprint density at radius 1 is 0.867 bits per heavy atom. The fourth-order valence-corrected chi connectivity index (χ4v) is 1.70. The fraction of sp³-hybridized carbons (Fsp3) is 1.00. The van der Waals surface area contributed by atoms with Gasteiger partial charge in [0.15, 0.2) is 0 Å². The molecule has 0 aliphatic heterocycles. The lowest BCUT2D eigenvalue weighted by molar-refractivity contribution is 0.0733.